The summed E-state index contributed by atoms with van der Waals surface area (Å²) >= 11 is 9.31. The van der Waals surface area contributed by atoms with Gasteiger partial charge in [-0.1, -0.05) is 72.3 Å². The van der Waals surface area contributed by atoms with Gasteiger partial charge in [0.2, 0.25) is 0 Å². The van der Waals surface area contributed by atoms with Crippen LogP contribution in [0.5, 0.6) is 5.75 Å². The Morgan fingerprint density at radius 2 is 1.42 bits per heavy atom. The minimum absolute atomic E-state index is 0.338. The zero-order chi connectivity index (χ0) is 16.9. The number of rotatable bonds is 4. The summed E-state index contributed by atoms with van der Waals surface area (Å²) in [5, 5.41) is 0.573. The van der Waals surface area contributed by atoms with E-state index in [9.17, 15) is 4.79 Å². The first kappa shape index (κ1) is 16.7. The molecule has 0 aliphatic carbocycles. The Kier molecular flexibility index (Phi) is 5.34. The van der Waals surface area contributed by atoms with Crippen molar-refractivity contribution in [3.8, 4) is 5.75 Å². The van der Waals surface area contributed by atoms with Crippen molar-refractivity contribution in [2.45, 2.75) is 5.92 Å². The molecule has 0 bridgehead atoms. The van der Waals surface area contributed by atoms with Gasteiger partial charge in [0.25, 0.3) is 0 Å². The maximum absolute atomic E-state index is 12.9. The van der Waals surface area contributed by atoms with Crippen LogP contribution >= 0.6 is 27.5 Å². The molecule has 120 valence electrons. The van der Waals surface area contributed by atoms with Crippen molar-refractivity contribution in [3.05, 3.63) is 99.5 Å². The van der Waals surface area contributed by atoms with E-state index in [-0.39, 0.29) is 5.97 Å². The zero-order valence-corrected chi connectivity index (χ0v) is 15.0. The highest BCUT2D eigenvalue weighted by Crippen LogP contribution is 2.31. The van der Waals surface area contributed by atoms with Crippen LogP contribution in [0.25, 0.3) is 0 Å². The first-order chi connectivity index (χ1) is 11.6. The number of hydrogen-bond acceptors (Lipinski definition) is 2. The van der Waals surface area contributed by atoms with E-state index in [0.717, 1.165) is 11.1 Å². The van der Waals surface area contributed by atoms with Gasteiger partial charge in [0.05, 0.1) is 4.47 Å². The van der Waals surface area contributed by atoms with E-state index >= 15 is 0 Å². The molecule has 3 aromatic carbocycles. The van der Waals surface area contributed by atoms with E-state index in [2.05, 4.69) is 15.9 Å². The highest BCUT2D eigenvalue weighted by molar-refractivity contribution is 9.10. The molecular formula is C20H14BrClO2. The molecule has 0 aromatic heterocycles. The van der Waals surface area contributed by atoms with Crippen molar-refractivity contribution >= 4 is 33.5 Å². The number of benzene rings is 3. The summed E-state index contributed by atoms with van der Waals surface area (Å²) in [6, 6.07) is 24.3. The monoisotopic (exact) mass is 400 g/mol. The highest BCUT2D eigenvalue weighted by atomic mass is 79.9. The second-order valence-electron chi connectivity index (χ2n) is 5.25. The fraction of sp³-hybridized carbons (Fsp3) is 0.0500. The Bertz CT molecular complexity index is 795. The number of ether oxygens (including phenoxy) is 1. The Balaban J connectivity index is 1.95. The molecule has 0 saturated carbocycles. The lowest BCUT2D eigenvalue weighted by molar-refractivity contribution is -0.135. The van der Waals surface area contributed by atoms with E-state index in [0.29, 0.717) is 15.2 Å². The van der Waals surface area contributed by atoms with Gasteiger partial charge in [0.15, 0.2) is 0 Å². The van der Waals surface area contributed by atoms with Crippen LogP contribution in [0.3, 0.4) is 0 Å². The quantitative estimate of drug-likeness (QED) is 0.405. The Hall–Kier alpha value is -2.10. The lowest BCUT2D eigenvalue weighted by Crippen LogP contribution is -2.20. The number of carbonyl (C=O) groups is 1. The number of carbonyl (C=O) groups excluding carboxylic acids is 1. The molecule has 0 atom stereocenters. The van der Waals surface area contributed by atoms with Gasteiger partial charge in [-0.15, -0.1) is 0 Å². The van der Waals surface area contributed by atoms with Crippen LogP contribution in [-0.4, -0.2) is 5.97 Å². The van der Waals surface area contributed by atoms with Crippen molar-refractivity contribution < 1.29 is 9.53 Å². The summed E-state index contributed by atoms with van der Waals surface area (Å²) in [4.78, 5) is 12.9. The summed E-state index contributed by atoms with van der Waals surface area (Å²) < 4.78 is 6.27. The summed E-state index contributed by atoms with van der Waals surface area (Å²) in [6.07, 6.45) is 0. The smallest absolute Gasteiger partial charge is 0.323 e. The van der Waals surface area contributed by atoms with Gasteiger partial charge in [-0.25, -0.2) is 0 Å². The van der Waals surface area contributed by atoms with Crippen molar-refractivity contribution in [2.24, 2.45) is 0 Å². The van der Waals surface area contributed by atoms with Gasteiger partial charge in [-0.3, -0.25) is 4.79 Å². The largest absolute Gasteiger partial charge is 0.425 e. The maximum atomic E-state index is 12.9. The van der Waals surface area contributed by atoms with Crippen LogP contribution in [0.15, 0.2) is 83.3 Å². The van der Waals surface area contributed by atoms with Crippen LogP contribution in [-0.2, 0) is 4.79 Å². The summed E-state index contributed by atoms with van der Waals surface area (Å²) in [7, 11) is 0. The lowest BCUT2D eigenvalue weighted by atomic mass is 9.91. The molecule has 4 heteroatoms. The van der Waals surface area contributed by atoms with Gasteiger partial charge < -0.3 is 4.74 Å². The fourth-order valence-corrected chi connectivity index (χ4v) is 3.24. The number of halogens is 2. The van der Waals surface area contributed by atoms with E-state index in [1.807, 2.05) is 60.7 Å². The molecule has 3 rings (SSSR count). The molecule has 2 nitrogen and oxygen atoms in total. The van der Waals surface area contributed by atoms with E-state index in [4.69, 9.17) is 16.3 Å². The molecule has 0 saturated heterocycles. The van der Waals surface area contributed by atoms with Crippen LogP contribution in [0.2, 0.25) is 5.02 Å². The standard InChI is InChI=1S/C20H14BrClO2/c21-17-13-16(22)11-12-18(17)24-20(23)19(14-7-3-1-4-8-14)15-9-5-2-6-10-15/h1-13,19H. The minimum atomic E-state index is -0.491. The zero-order valence-electron chi connectivity index (χ0n) is 12.7. The van der Waals surface area contributed by atoms with Crippen molar-refractivity contribution in [1.82, 2.24) is 0 Å². The molecule has 0 N–H and O–H groups in total. The molecule has 0 amide bonds. The molecule has 3 aromatic rings. The predicted octanol–water partition coefficient (Wildman–Crippen LogP) is 5.84. The normalized spacial score (nSPS) is 10.6. The maximum Gasteiger partial charge on any atom is 0.323 e. The van der Waals surface area contributed by atoms with Crippen LogP contribution in [0.1, 0.15) is 17.0 Å². The minimum Gasteiger partial charge on any atom is -0.425 e. The molecule has 24 heavy (non-hydrogen) atoms. The average Bonchev–Trinajstić information content (AvgIpc) is 2.60. The number of esters is 1. The molecule has 0 aliphatic rings. The Morgan fingerprint density at radius 1 is 0.875 bits per heavy atom. The summed E-state index contributed by atoms with van der Waals surface area (Å²) in [6.45, 7) is 0. The molecule has 0 radical (unpaired) electrons. The summed E-state index contributed by atoms with van der Waals surface area (Å²) in [5.41, 5.74) is 1.78. The van der Waals surface area contributed by atoms with Crippen LogP contribution < -0.4 is 4.74 Å². The van der Waals surface area contributed by atoms with Gasteiger partial charge in [0, 0.05) is 5.02 Å². The molecular weight excluding hydrogens is 388 g/mol. The van der Waals surface area contributed by atoms with Gasteiger partial charge >= 0.3 is 5.97 Å². The van der Waals surface area contributed by atoms with Gasteiger partial charge in [0.1, 0.15) is 11.7 Å². The second kappa shape index (κ2) is 7.65. The van der Waals surface area contributed by atoms with Crippen LogP contribution in [0, 0.1) is 0 Å². The lowest BCUT2D eigenvalue weighted by Gasteiger charge is -2.17. The van der Waals surface area contributed by atoms with E-state index in [1.165, 1.54) is 0 Å². The summed E-state index contributed by atoms with van der Waals surface area (Å²) in [5.74, 6) is -0.383. The molecule has 0 unspecified atom stereocenters. The first-order valence-electron chi connectivity index (χ1n) is 7.42. The molecule has 0 heterocycles. The van der Waals surface area contributed by atoms with Crippen LogP contribution in [0.4, 0.5) is 0 Å². The second-order valence-corrected chi connectivity index (χ2v) is 6.54. The third-order valence-electron chi connectivity index (χ3n) is 3.61. The third kappa shape index (κ3) is 3.86. The average molecular weight is 402 g/mol. The SMILES string of the molecule is O=C(Oc1ccc(Cl)cc1Br)C(c1ccccc1)c1ccccc1. The molecule has 0 spiro atoms. The topological polar surface area (TPSA) is 26.3 Å². The Morgan fingerprint density at radius 3 is 1.92 bits per heavy atom. The predicted molar refractivity (Wildman–Crippen MR) is 99.5 cm³/mol. The van der Waals surface area contributed by atoms with Crippen molar-refractivity contribution in [2.75, 3.05) is 0 Å². The van der Waals surface area contributed by atoms with E-state index in [1.54, 1.807) is 18.2 Å². The third-order valence-corrected chi connectivity index (χ3v) is 4.46. The van der Waals surface area contributed by atoms with Gasteiger partial charge in [-0.05, 0) is 45.3 Å². The number of hydrogen-bond donors (Lipinski definition) is 0. The van der Waals surface area contributed by atoms with Crippen molar-refractivity contribution in [1.29, 1.82) is 0 Å². The van der Waals surface area contributed by atoms with Gasteiger partial charge in [-0.2, -0.15) is 0 Å². The molecule has 0 fully saturated rings. The fourth-order valence-electron chi connectivity index (χ4n) is 2.48. The van der Waals surface area contributed by atoms with E-state index < -0.39 is 5.92 Å². The first-order valence-corrected chi connectivity index (χ1v) is 8.59. The molecule has 0 aliphatic heterocycles. The van der Waals surface area contributed by atoms with Crippen molar-refractivity contribution in [3.63, 3.8) is 0 Å². The highest BCUT2D eigenvalue weighted by Gasteiger charge is 2.25. The Labute approximate surface area is 154 Å².